The van der Waals surface area contributed by atoms with Crippen molar-refractivity contribution in [2.75, 3.05) is 0 Å². The summed E-state index contributed by atoms with van der Waals surface area (Å²) in [5, 5.41) is 0. The second-order valence-corrected chi connectivity index (χ2v) is 10.6. The quantitative estimate of drug-likeness (QED) is 0.720. The maximum absolute atomic E-state index is 4.27. The van der Waals surface area contributed by atoms with E-state index in [4.69, 9.17) is 0 Å². The maximum atomic E-state index is 4.27. The zero-order valence-electron chi connectivity index (χ0n) is 6.46. The van der Waals surface area contributed by atoms with Crippen molar-refractivity contribution in [2.24, 2.45) is 0 Å². The van der Waals surface area contributed by atoms with Gasteiger partial charge in [0.25, 0.3) is 0 Å². The third-order valence-corrected chi connectivity index (χ3v) is 4.31. The van der Waals surface area contributed by atoms with E-state index < -0.39 is 19.8 Å². The van der Waals surface area contributed by atoms with E-state index in [0.29, 0.717) is 0 Å². The third-order valence-electron chi connectivity index (χ3n) is 1.26. The molecule has 0 aliphatic heterocycles. The summed E-state index contributed by atoms with van der Waals surface area (Å²) >= 11 is -0.944. The molecule has 10 heavy (non-hydrogen) atoms. The Labute approximate surface area is 69.2 Å². The topological polar surface area (TPSA) is 12.9 Å². The van der Waals surface area contributed by atoms with Gasteiger partial charge in [-0.3, -0.25) is 0 Å². The average molecular weight is 241 g/mol. The van der Waals surface area contributed by atoms with Crippen LogP contribution in [0.25, 0.3) is 0 Å². The molecule has 0 N–H and O–H groups in total. The molecule has 2 heteroatoms. The molecule has 0 fully saturated rings. The molecular formula is C8H12NSn. The fourth-order valence-corrected chi connectivity index (χ4v) is 3.53. The van der Waals surface area contributed by atoms with Crippen LogP contribution < -0.4 is 0 Å². The monoisotopic (exact) mass is 242 g/mol. The molecule has 0 atom stereocenters. The Morgan fingerprint density at radius 2 is 2.20 bits per heavy atom. The first kappa shape index (κ1) is 8.05. The fraction of sp³-hybridized carbons (Fsp3) is 0.375. The summed E-state index contributed by atoms with van der Waals surface area (Å²) in [6, 6.07) is 6.15. The van der Waals surface area contributed by atoms with Crippen LogP contribution in [0.2, 0.25) is 9.88 Å². The Morgan fingerprint density at radius 1 is 1.40 bits per heavy atom. The fourth-order valence-electron chi connectivity index (χ4n) is 0.865. The summed E-state index contributed by atoms with van der Waals surface area (Å²) in [4.78, 5) is 9.07. The van der Waals surface area contributed by atoms with Gasteiger partial charge in [0, 0.05) is 0 Å². The predicted molar refractivity (Wildman–Crippen MR) is 45.4 cm³/mol. The summed E-state index contributed by atoms with van der Waals surface area (Å²) in [5.74, 6) is 0. The first-order valence-electron chi connectivity index (χ1n) is 3.48. The predicted octanol–water partition coefficient (Wildman–Crippen LogP) is 1.92. The molecule has 0 unspecified atom stereocenters. The molecule has 0 aliphatic rings. The molecule has 0 aliphatic carbocycles. The number of aromatic nitrogens is 1. The zero-order chi connectivity index (χ0) is 7.40. The Hall–Kier alpha value is -0.0513. The third kappa shape index (κ3) is 2.69. The molecule has 1 nitrogen and oxygen atoms in total. The van der Waals surface area contributed by atoms with Gasteiger partial charge in [-0.2, -0.15) is 0 Å². The first-order valence-corrected chi connectivity index (χ1v) is 11.2. The minimum absolute atomic E-state index is 0.944. The van der Waals surface area contributed by atoms with Gasteiger partial charge in [-0.25, -0.2) is 0 Å². The molecule has 1 radical (unpaired) electrons. The number of nitrogens with zero attached hydrogens (tertiary/aromatic N) is 1. The summed E-state index contributed by atoms with van der Waals surface area (Å²) in [6.07, 6.45) is 1.88. The van der Waals surface area contributed by atoms with Crippen molar-refractivity contribution >= 4 is 19.8 Å². The Bertz CT molecular complexity index is 184. The standard InChI is InChI=1S/C6H6N.2CH3.Sn/c1-6-4-2-3-5-7-6;;;/h2-5H,1H2;2*1H3;. The Kier molecular flexibility index (Phi) is 3.19. The van der Waals surface area contributed by atoms with Gasteiger partial charge in [-0.1, -0.05) is 0 Å². The summed E-state index contributed by atoms with van der Waals surface area (Å²) < 4.78 is 1.28. The summed E-state index contributed by atoms with van der Waals surface area (Å²) in [7, 11) is 0. The number of rotatable bonds is 2. The van der Waals surface area contributed by atoms with Gasteiger partial charge in [-0.05, 0) is 0 Å². The van der Waals surface area contributed by atoms with Crippen molar-refractivity contribution in [3.63, 3.8) is 0 Å². The molecular weight excluding hydrogens is 229 g/mol. The second kappa shape index (κ2) is 3.96. The van der Waals surface area contributed by atoms with Gasteiger partial charge < -0.3 is 0 Å². The van der Waals surface area contributed by atoms with E-state index >= 15 is 0 Å². The second-order valence-electron chi connectivity index (χ2n) is 2.70. The number of hydrogen-bond acceptors (Lipinski definition) is 1. The first-order chi connectivity index (χ1) is 4.79. The summed E-state index contributed by atoms with van der Waals surface area (Å²) in [6.45, 7) is 0. The van der Waals surface area contributed by atoms with E-state index in [9.17, 15) is 0 Å². The number of hydrogen-bond donors (Lipinski definition) is 0. The van der Waals surface area contributed by atoms with Gasteiger partial charge >= 0.3 is 69.1 Å². The van der Waals surface area contributed by atoms with Gasteiger partial charge in [0.1, 0.15) is 0 Å². The molecule has 0 aromatic carbocycles. The van der Waals surface area contributed by atoms with Gasteiger partial charge in [0.05, 0.1) is 0 Å². The molecule has 1 aromatic rings. The van der Waals surface area contributed by atoms with Crippen LogP contribution in [0, 0.1) is 0 Å². The Balaban J connectivity index is 2.59. The van der Waals surface area contributed by atoms with Crippen LogP contribution in [0.15, 0.2) is 24.4 Å². The van der Waals surface area contributed by atoms with Crippen molar-refractivity contribution in [3.05, 3.63) is 30.1 Å². The summed E-state index contributed by atoms with van der Waals surface area (Å²) in [5.41, 5.74) is 1.28. The van der Waals surface area contributed by atoms with Crippen molar-refractivity contribution in [1.29, 1.82) is 0 Å². The molecule has 1 heterocycles. The van der Waals surface area contributed by atoms with Gasteiger partial charge in [0.2, 0.25) is 0 Å². The van der Waals surface area contributed by atoms with Crippen LogP contribution >= 0.6 is 0 Å². The van der Waals surface area contributed by atoms with Crippen LogP contribution in [0.3, 0.4) is 0 Å². The van der Waals surface area contributed by atoms with E-state index in [2.05, 4.69) is 27.0 Å². The van der Waals surface area contributed by atoms with Crippen molar-refractivity contribution in [2.45, 2.75) is 14.3 Å². The SMILES string of the molecule is [CH3][Sn]([CH3])[CH2]c1ccccn1. The molecule has 0 amide bonds. The van der Waals surface area contributed by atoms with E-state index in [1.807, 2.05) is 12.3 Å². The van der Waals surface area contributed by atoms with Crippen molar-refractivity contribution < 1.29 is 0 Å². The van der Waals surface area contributed by atoms with Gasteiger partial charge in [0.15, 0.2) is 0 Å². The van der Waals surface area contributed by atoms with Crippen molar-refractivity contribution in [1.82, 2.24) is 4.98 Å². The van der Waals surface area contributed by atoms with E-state index in [-0.39, 0.29) is 0 Å². The molecule has 0 saturated carbocycles. The van der Waals surface area contributed by atoms with E-state index in [0.717, 1.165) is 0 Å². The molecule has 0 spiro atoms. The number of pyridine rings is 1. The molecule has 53 valence electrons. The minimum atomic E-state index is -0.944. The van der Waals surface area contributed by atoms with Crippen LogP contribution in [0.4, 0.5) is 0 Å². The van der Waals surface area contributed by atoms with E-state index in [1.54, 1.807) is 0 Å². The van der Waals surface area contributed by atoms with Gasteiger partial charge in [-0.15, -0.1) is 0 Å². The van der Waals surface area contributed by atoms with Crippen LogP contribution in [-0.2, 0) is 4.44 Å². The molecule has 1 rings (SSSR count). The molecule has 1 aromatic heterocycles. The average Bonchev–Trinajstić information content (AvgIpc) is 1.88. The molecule has 0 saturated heterocycles. The van der Waals surface area contributed by atoms with Crippen LogP contribution in [0.1, 0.15) is 5.69 Å². The van der Waals surface area contributed by atoms with Crippen LogP contribution in [-0.4, -0.2) is 24.7 Å². The Morgan fingerprint density at radius 3 is 2.70 bits per heavy atom. The zero-order valence-corrected chi connectivity index (χ0v) is 9.32. The van der Waals surface area contributed by atoms with Crippen molar-refractivity contribution in [3.8, 4) is 0 Å². The molecule has 0 bridgehead atoms. The van der Waals surface area contributed by atoms with E-state index in [1.165, 1.54) is 10.1 Å². The van der Waals surface area contributed by atoms with Crippen LogP contribution in [0.5, 0.6) is 0 Å². The normalized spacial score (nSPS) is 10.3.